The molecule has 0 radical (unpaired) electrons. The van der Waals surface area contributed by atoms with Gasteiger partial charge in [0.15, 0.2) is 11.5 Å². The van der Waals surface area contributed by atoms with Crippen LogP contribution in [0.3, 0.4) is 0 Å². The second-order valence-electron chi connectivity index (χ2n) is 2.91. The smallest absolute Gasteiger partial charge is 0.328 e. The summed E-state index contributed by atoms with van der Waals surface area (Å²) < 4.78 is 9.93. The molecule has 0 aliphatic rings. The molecule has 5 nitrogen and oxygen atoms in total. The molecule has 0 unspecified atom stereocenters. The van der Waals surface area contributed by atoms with Crippen molar-refractivity contribution in [2.45, 2.75) is 0 Å². The van der Waals surface area contributed by atoms with E-state index >= 15 is 0 Å². The van der Waals surface area contributed by atoms with E-state index in [1.165, 1.54) is 26.4 Å². The fourth-order valence-electron chi connectivity index (χ4n) is 1.22. The summed E-state index contributed by atoms with van der Waals surface area (Å²) in [6.07, 6.45) is 2.21. The number of aromatic hydroxyl groups is 1. The first-order valence-corrected chi connectivity index (χ1v) is 4.45. The zero-order chi connectivity index (χ0) is 12.1. The Labute approximate surface area is 92.5 Å². The van der Waals surface area contributed by atoms with Gasteiger partial charge in [0, 0.05) is 11.6 Å². The molecule has 0 aliphatic carbocycles. The lowest BCUT2D eigenvalue weighted by Crippen LogP contribution is -1.92. The van der Waals surface area contributed by atoms with E-state index in [-0.39, 0.29) is 11.5 Å². The number of rotatable bonds is 4. The minimum absolute atomic E-state index is 0.153. The van der Waals surface area contributed by atoms with E-state index < -0.39 is 5.97 Å². The average Bonchev–Trinajstić information content (AvgIpc) is 2.26. The van der Waals surface area contributed by atoms with Gasteiger partial charge in [0.1, 0.15) is 0 Å². The number of aliphatic carboxylic acids is 1. The van der Waals surface area contributed by atoms with E-state index in [0.717, 1.165) is 6.08 Å². The van der Waals surface area contributed by atoms with Crippen LogP contribution in [0.15, 0.2) is 18.2 Å². The van der Waals surface area contributed by atoms with E-state index in [2.05, 4.69) is 0 Å². The maximum atomic E-state index is 10.3. The number of benzene rings is 1. The van der Waals surface area contributed by atoms with Crippen molar-refractivity contribution in [3.05, 3.63) is 23.8 Å². The molecular formula is C11H12O5. The molecule has 0 amide bonds. The predicted octanol–water partition coefficient (Wildman–Crippen LogP) is 1.51. The zero-order valence-corrected chi connectivity index (χ0v) is 8.93. The van der Waals surface area contributed by atoms with Gasteiger partial charge >= 0.3 is 5.97 Å². The number of hydrogen-bond acceptors (Lipinski definition) is 4. The van der Waals surface area contributed by atoms with Gasteiger partial charge < -0.3 is 19.7 Å². The Morgan fingerprint density at radius 3 is 2.50 bits per heavy atom. The summed E-state index contributed by atoms with van der Waals surface area (Å²) in [5, 5.41) is 18.2. The van der Waals surface area contributed by atoms with Gasteiger partial charge in [-0.2, -0.15) is 0 Å². The molecule has 0 aliphatic heterocycles. The molecule has 1 aromatic carbocycles. The Morgan fingerprint density at radius 2 is 2.00 bits per heavy atom. The van der Waals surface area contributed by atoms with Crippen LogP contribution in [0.5, 0.6) is 17.2 Å². The van der Waals surface area contributed by atoms with Gasteiger partial charge in [0.25, 0.3) is 0 Å². The third-order valence-corrected chi connectivity index (χ3v) is 1.96. The molecule has 5 heteroatoms. The van der Waals surface area contributed by atoms with Gasteiger partial charge in [0.2, 0.25) is 5.75 Å². The average molecular weight is 224 g/mol. The van der Waals surface area contributed by atoms with Crippen LogP contribution < -0.4 is 9.47 Å². The number of methoxy groups -OCH3 is 2. The highest BCUT2D eigenvalue weighted by Crippen LogP contribution is 2.39. The summed E-state index contributed by atoms with van der Waals surface area (Å²) in [6.45, 7) is 0. The van der Waals surface area contributed by atoms with Crippen LogP contribution in [0, 0.1) is 0 Å². The Hall–Kier alpha value is -2.17. The van der Waals surface area contributed by atoms with Gasteiger partial charge in [-0.1, -0.05) is 0 Å². The first-order chi connectivity index (χ1) is 7.60. The Bertz CT molecular complexity index is 423. The Morgan fingerprint density at radius 1 is 1.31 bits per heavy atom. The summed E-state index contributed by atoms with van der Waals surface area (Å²) in [5.74, 6) is -0.684. The quantitative estimate of drug-likeness (QED) is 0.758. The van der Waals surface area contributed by atoms with Gasteiger partial charge in [-0.05, 0) is 18.2 Å². The molecule has 0 saturated heterocycles. The molecule has 1 aromatic rings. The number of hydrogen-bond donors (Lipinski definition) is 2. The van der Waals surface area contributed by atoms with Crippen LogP contribution in [-0.4, -0.2) is 30.4 Å². The first kappa shape index (κ1) is 11.9. The highest BCUT2D eigenvalue weighted by atomic mass is 16.5. The zero-order valence-electron chi connectivity index (χ0n) is 8.93. The van der Waals surface area contributed by atoms with Gasteiger partial charge in [-0.15, -0.1) is 0 Å². The van der Waals surface area contributed by atoms with Crippen molar-refractivity contribution in [2.75, 3.05) is 14.2 Å². The van der Waals surface area contributed by atoms with E-state index in [0.29, 0.717) is 11.3 Å². The highest BCUT2D eigenvalue weighted by molar-refractivity contribution is 5.86. The molecule has 86 valence electrons. The molecule has 0 spiro atoms. The normalized spacial score (nSPS) is 10.4. The number of carbonyl (C=O) groups is 1. The van der Waals surface area contributed by atoms with Crippen molar-refractivity contribution in [3.63, 3.8) is 0 Å². The van der Waals surface area contributed by atoms with E-state index in [1.54, 1.807) is 6.07 Å². The van der Waals surface area contributed by atoms with E-state index in [9.17, 15) is 9.90 Å². The van der Waals surface area contributed by atoms with E-state index in [1.807, 2.05) is 0 Å². The third kappa shape index (κ3) is 2.44. The van der Waals surface area contributed by atoms with Crippen LogP contribution >= 0.6 is 0 Å². The molecule has 0 bridgehead atoms. The molecule has 2 N–H and O–H groups in total. The van der Waals surface area contributed by atoms with Gasteiger partial charge in [-0.25, -0.2) is 4.79 Å². The molecule has 0 saturated carbocycles. The summed E-state index contributed by atoms with van der Waals surface area (Å²) in [4.78, 5) is 10.3. The fraction of sp³-hybridized carbons (Fsp3) is 0.182. The number of ether oxygens (including phenoxy) is 2. The molecular weight excluding hydrogens is 212 g/mol. The Kier molecular flexibility index (Phi) is 3.77. The number of phenols is 1. The maximum Gasteiger partial charge on any atom is 0.328 e. The molecule has 0 fully saturated rings. The SMILES string of the molecule is COc1ccc(/C=C/C(=O)O)c(O)c1OC. The molecule has 0 aromatic heterocycles. The van der Waals surface area contributed by atoms with Crippen molar-refractivity contribution in [1.29, 1.82) is 0 Å². The number of carboxylic acids is 1. The monoisotopic (exact) mass is 224 g/mol. The number of phenolic OH excluding ortho intramolecular Hbond substituents is 1. The molecule has 1 rings (SSSR count). The number of carboxylic acid groups (broad SMARTS) is 1. The second-order valence-corrected chi connectivity index (χ2v) is 2.91. The predicted molar refractivity (Wildman–Crippen MR) is 57.9 cm³/mol. The van der Waals surface area contributed by atoms with Crippen LogP contribution in [-0.2, 0) is 4.79 Å². The largest absolute Gasteiger partial charge is 0.504 e. The summed E-state index contributed by atoms with van der Waals surface area (Å²) in [7, 11) is 2.84. The lowest BCUT2D eigenvalue weighted by molar-refractivity contribution is -0.131. The third-order valence-electron chi connectivity index (χ3n) is 1.96. The molecule has 0 atom stereocenters. The summed E-state index contributed by atoms with van der Waals surface area (Å²) in [5.41, 5.74) is 0.347. The van der Waals surface area contributed by atoms with Crippen LogP contribution in [0.1, 0.15) is 5.56 Å². The minimum atomic E-state index is -1.09. The van der Waals surface area contributed by atoms with Crippen molar-refractivity contribution in [1.82, 2.24) is 0 Å². The first-order valence-electron chi connectivity index (χ1n) is 4.45. The van der Waals surface area contributed by atoms with Crippen molar-refractivity contribution in [3.8, 4) is 17.2 Å². The van der Waals surface area contributed by atoms with Crippen LogP contribution in [0.25, 0.3) is 6.08 Å². The van der Waals surface area contributed by atoms with Crippen molar-refractivity contribution >= 4 is 12.0 Å². The summed E-state index contributed by atoms with van der Waals surface area (Å²) in [6, 6.07) is 3.12. The summed E-state index contributed by atoms with van der Waals surface area (Å²) >= 11 is 0. The van der Waals surface area contributed by atoms with Crippen LogP contribution in [0.4, 0.5) is 0 Å². The second kappa shape index (κ2) is 5.06. The highest BCUT2D eigenvalue weighted by Gasteiger charge is 2.12. The van der Waals surface area contributed by atoms with Crippen LogP contribution in [0.2, 0.25) is 0 Å². The molecule has 0 heterocycles. The topological polar surface area (TPSA) is 76.0 Å². The van der Waals surface area contributed by atoms with Gasteiger partial charge in [-0.3, -0.25) is 0 Å². The van der Waals surface area contributed by atoms with Crippen molar-refractivity contribution < 1.29 is 24.5 Å². The van der Waals surface area contributed by atoms with E-state index in [4.69, 9.17) is 14.6 Å². The fourth-order valence-corrected chi connectivity index (χ4v) is 1.22. The molecule has 16 heavy (non-hydrogen) atoms. The van der Waals surface area contributed by atoms with Crippen molar-refractivity contribution in [2.24, 2.45) is 0 Å². The lowest BCUT2D eigenvalue weighted by Gasteiger charge is -2.10. The maximum absolute atomic E-state index is 10.3. The Balaban J connectivity index is 3.18. The minimum Gasteiger partial charge on any atom is -0.504 e. The van der Waals surface area contributed by atoms with Gasteiger partial charge in [0.05, 0.1) is 14.2 Å². The standard InChI is InChI=1S/C11H12O5/c1-15-8-5-3-7(4-6-9(12)13)10(14)11(8)16-2/h3-6,14H,1-2H3,(H,12,13)/b6-4+. The lowest BCUT2D eigenvalue weighted by atomic mass is 10.1.